The number of nitrogens with zero attached hydrogens (tertiary/aromatic N) is 3. The second-order valence-electron chi connectivity index (χ2n) is 6.03. The number of hydrogen-bond acceptors (Lipinski definition) is 5. The average Bonchev–Trinajstić information content (AvgIpc) is 3.16. The Morgan fingerprint density at radius 3 is 2.92 bits per heavy atom. The SMILES string of the molecule is COc1nc(C)ccc1C(=O)N[C@H]1CCC[C@H]1Oc1cnn(C)c1. The number of rotatable bonds is 5. The third kappa shape index (κ3) is 3.50. The Hall–Kier alpha value is -2.57. The number of ether oxygens (including phenoxy) is 2. The maximum Gasteiger partial charge on any atom is 0.257 e. The van der Waals surface area contributed by atoms with Crippen molar-refractivity contribution in [3.05, 3.63) is 35.8 Å². The third-order valence-corrected chi connectivity index (χ3v) is 4.18. The van der Waals surface area contributed by atoms with Crippen molar-refractivity contribution in [3.8, 4) is 11.6 Å². The van der Waals surface area contributed by atoms with Gasteiger partial charge in [-0.15, -0.1) is 0 Å². The second kappa shape index (κ2) is 6.90. The van der Waals surface area contributed by atoms with E-state index in [1.54, 1.807) is 23.0 Å². The van der Waals surface area contributed by atoms with E-state index in [0.29, 0.717) is 11.4 Å². The molecule has 0 aliphatic heterocycles. The van der Waals surface area contributed by atoms with E-state index >= 15 is 0 Å². The largest absolute Gasteiger partial charge is 0.485 e. The van der Waals surface area contributed by atoms with Crippen LogP contribution in [-0.2, 0) is 7.05 Å². The van der Waals surface area contributed by atoms with E-state index in [2.05, 4.69) is 15.4 Å². The highest BCUT2D eigenvalue weighted by Gasteiger charge is 2.31. The molecule has 1 N–H and O–H groups in total. The van der Waals surface area contributed by atoms with Crippen molar-refractivity contribution in [2.24, 2.45) is 7.05 Å². The highest BCUT2D eigenvalue weighted by atomic mass is 16.5. The van der Waals surface area contributed by atoms with E-state index in [0.717, 1.165) is 30.7 Å². The Labute approximate surface area is 141 Å². The van der Waals surface area contributed by atoms with Gasteiger partial charge in [-0.05, 0) is 38.3 Å². The van der Waals surface area contributed by atoms with E-state index in [-0.39, 0.29) is 18.1 Å². The number of carbonyl (C=O) groups is 1. The van der Waals surface area contributed by atoms with Crippen LogP contribution in [0.4, 0.5) is 0 Å². The van der Waals surface area contributed by atoms with Gasteiger partial charge in [0.2, 0.25) is 5.88 Å². The minimum Gasteiger partial charge on any atom is -0.485 e. The van der Waals surface area contributed by atoms with Crippen molar-refractivity contribution >= 4 is 5.91 Å². The molecule has 0 bridgehead atoms. The summed E-state index contributed by atoms with van der Waals surface area (Å²) >= 11 is 0. The molecular weight excluding hydrogens is 308 g/mol. The molecule has 7 heteroatoms. The summed E-state index contributed by atoms with van der Waals surface area (Å²) in [6.07, 6.45) is 6.26. The molecule has 2 heterocycles. The Balaban J connectivity index is 1.69. The van der Waals surface area contributed by atoms with Crippen LogP contribution in [0, 0.1) is 6.92 Å². The first-order valence-electron chi connectivity index (χ1n) is 8.04. The van der Waals surface area contributed by atoms with Crippen molar-refractivity contribution in [1.82, 2.24) is 20.1 Å². The molecule has 2 aromatic rings. The second-order valence-corrected chi connectivity index (χ2v) is 6.03. The molecule has 0 saturated heterocycles. The fraction of sp³-hybridized carbons (Fsp3) is 0.471. The molecule has 0 unspecified atom stereocenters. The minimum absolute atomic E-state index is 0.0382. The van der Waals surface area contributed by atoms with Crippen molar-refractivity contribution in [1.29, 1.82) is 0 Å². The third-order valence-electron chi connectivity index (χ3n) is 4.18. The number of aryl methyl sites for hydroxylation is 2. The quantitative estimate of drug-likeness (QED) is 0.905. The normalized spacial score (nSPS) is 20.0. The first-order chi connectivity index (χ1) is 11.6. The smallest absolute Gasteiger partial charge is 0.257 e. The van der Waals surface area contributed by atoms with E-state index in [1.165, 1.54) is 7.11 Å². The van der Waals surface area contributed by atoms with Gasteiger partial charge < -0.3 is 14.8 Å². The van der Waals surface area contributed by atoms with Gasteiger partial charge >= 0.3 is 0 Å². The van der Waals surface area contributed by atoms with E-state index in [9.17, 15) is 4.79 Å². The summed E-state index contributed by atoms with van der Waals surface area (Å²) in [4.78, 5) is 16.8. The zero-order valence-electron chi connectivity index (χ0n) is 14.2. The highest BCUT2D eigenvalue weighted by Crippen LogP contribution is 2.25. The molecule has 24 heavy (non-hydrogen) atoms. The molecule has 2 atom stereocenters. The molecule has 1 fully saturated rings. The first kappa shape index (κ1) is 16.3. The lowest BCUT2D eigenvalue weighted by Crippen LogP contribution is -2.42. The van der Waals surface area contributed by atoms with Crippen LogP contribution >= 0.6 is 0 Å². The summed E-state index contributed by atoms with van der Waals surface area (Å²) in [6, 6.07) is 3.50. The van der Waals surface area contributed by atoms with E-state index in [1.807, 2.05) is 20.2 Å². The van der Waals surface area contributed by atoms with Gasteiger partial charge in [-0.2, -0.15) is 5.10 Å². The number of methoxy groups -OCH3 is 1. The standard InChI is InChI=1S/C17H22N4O3/c1-11-7-8-13(17(19-11)23-3)16(22)20-14-5-4-6-15(14)24-12-9-18-21(2)10-12/h7-10,14-15H,4-6H2,1-3H3,(H,20,22)/t14-,15+/m0/s1. The molecule has 3 rings (SSSR count). The molecule has 1 aliphatic carbocycles. The zero-order valence-corrected chi connectivity index (χ0v) is 14.2. The van der Waals surface area contributed by atoms with Gasteiger partial charge in [-0.25, -0.2) is 4.98 Å². The van der Waals surface area contributed by atoms with Crippen LogP contribution in [0.15, 0.2) is 24.5 Å². The van der Waals surface area contributed by atoms with Gasteiger partial charge in [-0.3, -0.25) is 9.48 Å². The summed E-state index contributed by atoms with van der Waals surface area (Å²) in [6.45, 7) is 1.86. The summed E-state index contributed by atoms with van der Waals surface area (Å²) in [5.74, 6) is 0.875. The fourth-order valence-corrected chi connectivity index (χ4v) is 2.97. The topological polar surface area (TPSA) is 78.3 Å². The molecule has 0 aromatic carbocycles. The number of aromatic nitrogens is 3. The lowest BCUT2D eigenvalue weighted by molar-refractivity contribution is 0.0890. The van der Waals surface area contributed by atoms with Crippen LogP contribution in [0.5, 0.6) is 11.6 Å². The number of amides is 1. The summed E-state index contributed by atoms with van der Waals surface area (Å²) in [5, 5.41) is 7.16. The van der Waals surface area contributed by atoms with Crippen LogP contribution < -0.4 is 14.8 Å². The van der Waals surface area contributed by atoms with Gasteiger partial charge in [0.15, 0.2) is 5.75 Å². The molecule has 0 spiro atoms. The maximum absolute atomic E-state index is 12.6. The molecule has 0 radical (unpaired) electrons. The lowest BCUT2D eigenvalue weighted by Gasteiger charge is -2.22. The summed E-state index contributed by atoms with van der Waals surface area (Å²) in [5.41, 5.74) is 1.25. The highest BCUT2D eigenvalue weighted by molar-refractivity contribution is 5.96. The zero-order chi connectivity index (χ0) is 17.1. The van der Waals surface area contributed by atoms with Crippen molar-refractivity contribution in [3.63, 3.8) is 0 Å². The van der Waals surface area contributed by atoms with Crippen LogP contribution in [-0.4, -0.2) is 39.9 Å². The molecule has 1 saturated carbocycles. The van der Waals surface area contributed by atoms with E-state index in [4.69, 9.17) is 9.47 Å². The van der Waals surface area contributed by atoms with Gasteiger partial charge in [-0.1, -0.05) is 0 Å². The number of carbonyl (C=O) groups excluding carboxylic acids is 1. The van der Waals surface area contributed by atoms with Gasteiger partial charge in [0.05, 0.1) is 25.5 Å². The maximum atomic E-state index is 12.6. The Morgan fingerprint density at radius 2 is 2.21 bits per heavy atom. The van der Waals surface area contributed by atoms with E-state index < -0.39 is 0 Å². The lowest BCUT2D eigenvalue weighted by atomic mass is 10.1. The molecule has 1 aliphatic rings. The van der Waals surface area contributed by atoms with Gasteiger partial charge in [0.25, 0.3) is 5.91 Å². The predicted octanol–water partition coefficient (Wildman–Crippen LogP) is 1.86. The molecule has 7 nitrogen and oxygen atoms in total. The Kier molecular flexibility index (Phi) is 4.69. The van der Waals surface area contributed by atoms with Crippen LogP contribution in [0.2, 0.25) is 0 Å². The van der Waals surface area contributed by atoms with Crippen molar-refractivity contribution in [2.45, 2.75) is 38.3 Å². The van der Waals surface area contributed by atoms with Crippen molar-refractivity contribution in [2.75, 3.05) is 7.11 Å². The molecule has 2 aromatic heterocycles. The molecule has 1 amide bonds. The van der Waals surface area contributed by atoms with Gasteiger partial charge in [0.1, 0.15) is 11.7 Å². The minimum atomic E-state index is -0.189. The van der Waals surface area contributed by atoms with Crippen LogP contribution in [0.3, 0.4) is 0 Å². The number of nitrogens with one attached hydrogen (secondary N) is 1. The average molecular weight is 330 g/mol. The Morgan fingerprint density at radius 1 is 1.38 bits per heavy atom. The van der Waals surface area contributed by atoms with Crippen LogP contribution in [0.25, 0.3) is 0 Å². The molecule has 128 valence electrons. The number of hydrogen-bond donors (Lipinski definition) is 1. The molecular formula is C17H22N4O3. The predicted molar refractivity (Wildman–Crippen MR) is 88.3 cm³/mol. The summed E-state index contributed by atoms with van der Waals surface area (Å²) < 4.78 is 12.9. The van der Waals surface area contributed by atoms with Crippen LogP contribution in [0.1, 0.15) is 35.3 Å². The van der Waals surface area contributed by atoms with Crippen molar-refractivity contribution < 1.29 is 14.3 Å². The first-order valence-corrected chi connectivity index (χ1v) is 8.04. The summed E-state index contributed by atoms with van der Waals surface area (Å²) in [7, 11) is 3.36. The monoisotopic (exact) mass is 330 g/mol. The number of pyridine rings is 1. The van der Waals surface area contributed by atoms with Gasteiger partial charge in [0, 0.05) is 12.7 Å². The Bertz CT molecular complexity index is 728. The fourth-order valence-electron chi connectivity index (χ4n) is 2.97.